The van der Waals surface area contributed by atoms with E-state index >= 15 is 0 Å². The molecule has 6 rings (SSSR count). The molecule has 4 aromatic carbocycles. The second-order valence-electron chi connectivity index (χ2n) is 16.9. The summed E-state index contributed by atoms with van der Waals surface area (Å²) in [5, 5.41) is 0. The molecule has 0 N–H and O–H groups in total. The van der Waals surface area contributed by atoms with Gasteiger partial charge in [-0.2, -0.15) is 0 Å². The molecule has 1 atom stereocenters. The summed E-state index contributed by atoms with van der Waals surface area (Å²) in [6.07, 6.45) is 28.0. The average molecular weight is 695 g/mol. The van der Waals surface area contributed by atoms with Crippen LogP contribution in [-0.4, -0.2) is 0 Å². The molecule has 1 unspecified atom stereocenters. The third-order valence-electron chi connectivity index (χ3n) is 13.1. The van der Waals surface area contributed by atoms with E-state index in [1.807, 2.05) is 0 Å². The van der Waals surface area contributed by atoms with Crippen molar-refractivity contribution < 1.29 is 0 Å². The Bertz CT molecular complexity index is 1710. The van der Waals surface area contributed by atoms with Gasteiger partial charge in [0.2, 0.25) is 0 Å². The van der Waals surface area contributed by atoms with E-state index in [-0.39, 0.29) is 10.8 Å². The van der Waals surface area contributed by atoms with Crippen molar-refractivity contribution in [2.75, 3.05) is 0 Å². The minimum absolute atomic E-state index is 0.101. The van der Waals surface area contributed by atoms with Crippen LogP contribution in [-0.2, 0) is 10.8 Å². The predicted octanol–water partition coefficient (Wildman–Crippen LogP) is 16.1. The van der Waals surface area contributed by atoms with Crippen LogP contribution >= 0.6 is 0 Å². The molecule has 0 fully saturated rings. The number of hydrogen-bond donors (Lipinski definition) is 0. The molecule has 278 valence electrons. The summed E-state index contributed by atoms with van der Waals surface area (Å²) in [5.41, 5.74) is 16.7. The normalized spacial score (nSPS) is 16.5. The predicted molar refractivity (Wildman–Crippen MR) is 228 cm³/mol. The van der Waals surface area contributed by atoms with E-state index in [9.17, 15) is 0 Å². The van der Waals surface area contributed by atoms with Gasteiger partial charge in [0.05, 0.1) is 0 Å². The zero-order chi connectivity index (χ0) is 36.4. The van der Waals surface area contributed by atoms with Crippen molar-refractivity contribution >= 4 is 0 Å². The van der Waals surface area contributed by atoms with Crippen LogP contribution in [0.3, 0.4) is 0 Å². The van der Waals surface area contributed by atoms with Gasteiger partial charge < -0.3 is 0 Å². The summed E-state index contributed by atoms with van der Waals surface area (Å²) >= 11 is 0. The fourth-order valence-electron chi connectivity index (χ4n) is 10.3. The quantitative estimate of drug-likeness (QED) is 0.0718. The molecule has 0 heteroatoms. The highest BCUT2D eigenvalue weighted by molar-refractivity contribution is 5.91. The van der Waals surface area contributed by atoms with Crippen molar-refractivity contribution in [1.29, 1.82) is 0 Å². The summed E-state index contributed by atoms with van der Waals surface area (Å²) < 4.78 is 0. The van der Waals surface area contributed by atoms with Gasteiger partial charge in [0.15, 0.2) is 0 Å². The van der Waals surface area contributed by atoms with E-state index in [1.165, 1.54) is 168 Å². The van der Waals surface area contributed by atoms with Gasteiger partial charge in [-0.25, -0.2) is 0 Å². The molecule has 0 spiro atoms. The molecule has 0 saturated carbocycles. The van der Waals surface area contributed by atoms with Gasteiger partial charge in [0.25, 0.3) is 0 Å². The summed E-state index contributed by atoms with van der Waals surface area (Å²) in [6, 6.07) is 32.0. The summed E-state index contributed by atoms with van der Waals surface area (Å²) in [6.45, 7) is 11.6. The fourth-order valence-corrected chi connectivity index (χ4v) is 10.3. The third-order valence-corrected chi connectivity index (χ3v) is 13.1. The minimum Gasteiger partial charge on any atom is -0.0654 e. The number of benzene rings is 4. The van der Waals surface area contributed by atoms with Crippen LogP contribution < -0.4 is 0 Å². The zero-order valence-electron chi connectivity index (χ0n) is 33.9. The van der Waals surface area contributed by atoms with Crippen molar-refractivity contribution in [3.05, 3.63) is 118 Å². The molecular weight excluding hydrogens is 625 g/mol. The smallest absolute Gasteiger partial charge is 0.0463 e. The van der Waals surface area contributed by atoms with Crippen molar-refractivity contribution in [3.63, 3.8) is 0 Å². The maximum atomic E-state index is 2.76. The van der Waals surface area contributed by atoms with Crippen LogP contribution in [0.2, 0.25) is 0 Å². The lowest BCUT2D eigenvalue weighted by molar-refractivity contribution is 0.397. The zero-order valence-corrected chi connectivity index (χ0v) is 33.9. The SMILES string of the molecule is CCCCCCCCC1(CCCCCCCC)c2cc(C)ccc2-c2cc3c(cc21)-c1ccc(C)cc1C3(CCCCCCCC)c1ccccc1. The number of unbranched alkanes of at least 4 members (excludes halogenated alkanes) is 15. The van der Waals surface area contributed by atoms with Crippen LogP contribution in [0.5, 0.6) is 0 Å². The van der Waals surface area contributed by atoms with Gasteiger partial charge >= 0.3 is 0 Å². The Labute approximate surface area is 319 Å². The van der Waals surface area contributed by atoms with Gasteiger partial charge in [0, 0.05) is 10.8 Å². The summed E-state index contributed by atoms with van der Waals surface area (Å²) in [5.74, 6) is 0. The van der Waals surface area contributed by atoms with Crippen LogP contribution in [0.25, 0.3) is 22.3 Å². The van der Waals surface area contributed by atoms with Crippen LogP contribution in [0.4, 0.5) is 0 Å². The topological polar surface area (TPSA) is 0 Å². The van der Waals surface area contributed by atoms with Crippen molar-refractivity contribution in [1.82, 2.24) is 0 Å². The maximum Gasteiger partial charge on any atom is 0.0463 e. The van der Waals surface area contributed by atoms with Crippen LogP contribution in [0, 0.1) is 13.8 Å². The number of rotatable bonds is 22. The molecule has 0 heterocycles. The van der Waals surface area contributed by atoms with E-state index in [2.05, 4.69) is 113 Å². The minimum atomic E-state index is -0.119. The van der Waals surface area contributed by atoms with Crippen molar-refractivity contribution in [2.45, 2.75) is 180 Å². The first kappa shape index (κ1) is 38.6. The van der Waals surface area contributed by atoms with E-state index in [4.69, 9.17) is 0 Å². The summed E-state index contributed by atoms with van der Waals surface area (Å²) in [7, 11) is 0. The van der Waals surface area contributed by atoms with Gasteiger partial charge in [-0.3, -0.25) is 0 Å². The maximum absolute atomic E-state index is 2.76. The Balaban J connectivity index is 1.49. The first-order chi connectivity index (χ1) is 25.5. The Kier molecular flexibility index (Phi) is 13.6. The molecule has 0 amide bonds. The molecule has 0 aromatic heterocycles. The van der Waals surface area contributed by atoms with Gasteiger partial charge in [-0.1, -0.05) is 214 Å². The van der Waals surface area contributed by atoms with E-state index < -0.39 is 0 Å². The Morgan fingerprint density at radius 2 is 0.769 bits per heavy atom. The van der Waals surface area contributed by atoms with Gasteiger partial charge in [-0.05, 0) is 95.3 Å². The lowest BCUT2D eigenvalue weighted by Gasteiger charge is -2.35. The number of aryl methyl sites for hydroxylation is 2. The molecule has 2 aliphatic rings. The summed E-state index contributed by atoms with van der Waals surface area (Å²) in [4.78, 5) is 0. The second-order valence-corrected chi connectivity index (χ2v) is 16.9. The van der Waals surface area contributed by atoms with E-state index in [0.29, 0.717) is 0 Å². The number of fused-ring (bicyclic) bond motifs is 6. The Hall–Kier alpha value is -3.12. The average Bonchev–Trinajstić information content (AvgIpc) is 3.57. The molecule has 0 aliphatic heterocycles. The first-order valence-corrected chi connectivity index (χ1v) is 22.0. The van der Waals surface area contributed by atoms with Crippen LogP contribution in [0.1, 0.15) is 195 Å². The molecule has 0 saturated heterocycles. The largest absolute Gasteiger partial charge is 0.0654 e. The van der Waals surface area contributed by atoms with Crippen LogP contribution in [0.15, 0.2) is 78.9 Å². The number of hydrogen-bond acceptors (Lipinski definition) is 0. The molecule has 0 bridgehead atoms. The van der Waals surface area contributed by atoms with Crippen molar-refractivity contribution in [2.24, 2.45) is 0 Å². The molecule has 0 radical (unpaired) electrons. The Morgan fingerprint density at radius 3 is 1.33 bits per heavy atom. The van der Waals surface area contributed by atoms with Crippen molar-refractivity contribution in [3.8, 4) is 22.3 Å². The lowest BCUT2D eigenvalue weighted by Crippen LogP contribution is -2.28. The molecular formula is C52H70. The highest BCUT2D eigenvalue weighted by Crippen LogP contribution is 2.61. The first-order valence-electron chi connectivity index (χ1n) is 22.0. The highest BCUT2D eigenvalue weighted by atomic mass is 14.5. The third kappa shape index (κ3) is 7.88. The molecule has 0 nitrogen and oxygen atoms in total. The second kappa shape index (κ2) is 18.3. The van der Waals surface area contributed by atoms with E-state index in [0.717, 1.165) is 0 Å². The monoisotopic (exact) mass is 695 g/mol. The molecule has 52 heavy (non-hydrogen) atoms. The standard InChI is InChI=1S/C52H70/c1-6-9-12-15-18-24-33-51(34-25-19-16-13-10-7-2)47-36-40(4)29-31-43(47)45-39-50-46(38-48(45)51)44-32-30-41(5)37-49(44)52(50,42-27-22-21-23-28-42)35-26-20-17-14-11-8-3/h21-23,27-32,36-39H,6-20,24-26,33-35H2,1-5H3. The lowest BCUT2D eigenvalue weighted by atomic mass is 9.67. The van der Waals surface area contributed by atoms with E-state index in [1.54, 1.807) is 27.8 Å². The molecule has 4 aromatic rings. The van der Waals surface area contributed by atoms with Gasteiger partial charge in [-0.15, -0.1) is 0 Å². The van der Waals surface area contributed by atoms with Gasteiger partial charge in [0.1, 0.15) is 0 Å². The fraction of sp³-hybridized carbons (Fsp3) is 0.538. The highest BCUT2D eigenvalue weighted by Gasteiger charge is 2.48. The molecule has 2 aliphatic carbocycles. The Morgan fingerprint density at radius 1 is 0.365 bits per heavy atom.